The van der Waals surface area contributed by atoms with Crippen LogP contribution in [0, 0.1) is 6.92 Å². The summed E-state index contributed by atoms with van der Waals surface area (Å²) in [5.74, 6) is 0.869. The van der Waals surface area contributed by atoms with Crippen molar-refractivity contribution in [2.45, 2.75) is 31.2 Å². The van der Waals surface area contributed by atoms with Crippen molar-refractivity contribution in [1.82, 2.24) is 5.32 Å². The number of nitrogens with one attached hydrogen (secondary N) is 1. The Morgan fingerprint density at radius 3 is 2.56 bits per heavy atom. The smallest absolute Gasteiger partial charge is 0.264 e. The zero-order chi connectivity index (χ0) is 24.3. The summed E-state index contributed by atoms with van der Waals surface area (Å²) < 4.78 is 39.0. The monoisotopic (exact) mass is 480 g/mol. The highest BCUT2D eigenvalue weighted by Gasteiger charge is 2.30. The second-order valence-corrected chi connectivity index (χ2v) is 10.1. The summed E-state index contributed by atoms with van der Waals surface area (Å²) in [7, 11) is -2.10. The van der Waals surface area contributed by atoms with E-state index in [1.807, 2.05) is 55.5 Å². The Morgan fingerprint density at radius 2 is 1.79 bits per heavy atom. The third kappa shape index (κ3) is 4.72. The first-order chi connectivity index (χ1) is 16.3. The fourth-order valence-electron chi connectivity index (χ4n) is 4.16. The topological polar surface area (TPSA) is 84.9 Å². The minimum Gasteiger partial charge on any atom is -0.496 e. The van der Waals surface area contributed by atoms with Gasteiger partial charge in [0.15, 0.2) is 6.61 Å². The van der Waals surface area contributed by atoms with E-state index < -0.39 is 10.0 Å². The zero-order valence-electron chi connectivity index (χ0n) is 19.4. The lowest BCUT2D eigenvalue weighted by molar-refractivity contribution is -0.123. The number of ether oxygens (including phenoxy) is 2. The standard InChI is InChI=1S/C26H28N2O5S/c1-18-16-21(34(30,31)28-15-14-20-8-4-6-10-23(20)28)12-13-24(18)33-17-26(29)27-19(2)22-9-5-7-11-25(22)32-3/h4-13,16,19H,14-15,17H2,1-3H3,(H,27,29)/t19-/m1/s1. The van der Waals surface area contributed by atoms with Gasteiger partial charge in [0.25, 0.3) is 15.9 Å². The van der Waals surface area contributed by atoms with Gasteiger partial charge in [0.2, 0.25) is 0 Å². The largest absolute Gasteiger partial charge is 0.496 e. The molecule has 0 unspecified atom stereocenters. The van der Waals surface area contributed by atoms with Gasteiger partial charge in [-0.1, -0.05) is 36.4 Å². The number of amides is 1. The molecule has 1 aliphatic rings. The lowest BCUT2D eigenvalue weighted by Gasteiger charge is -2.20. The van der Waals surface area contributed by atoms with Crippen molar-refractivity contribution in [3.05, 3.63) is 83.4 Å². The molecule has 8 heteroatoms. The molecular weight excluding hydrogens is 452 g/mol. The molecule has 1 heterocycles. The Morgan fingerprint density at radius 1 is 1.06 bits per heavy atom. The molecule has 0 aliphatic carbocycles. The number of aryl methyl sites for hydroxylation is 1. The zero-order valence-corrected chi connectivity index (χ0v) is 20.3. The van der Waals surface area contributed by atoms with E-state index in [0.29, 0.717) is 30.0 Å². The van der Waals surface area contributed by atoms with Crippen molar-refractivity contribution in [3.8, 4) is 11.5 Å². The minimum atomic E-state index is -3.69. The number of carbonyl (C=O) groups is 1. The molecule has 178 valence electrons. The molecule has 0 bridgehead atoms. The quantitative estimate of drug-likeness (QED) is 0.527. The van der Waals surface area contributed by atoms with Gasteiger partial charge in [-0.15, -0.1) is 0 Å². The summed E-state index contributed by atoms with van der Waals surface area (Å²) in [6, 6.07) is 19.5. The lowest BCUT2D eigenvalue weighted by atomic mass is 10.1. The molecule has 7 nitrogen and oxygen atoms in total. The predicted molar refractivity (Wildman–Crippen MR) is 131 cm³/mol. The van der Waals surface area contributed by atoms with Gasteiger partial charge >= 0.3 is 0 Å². The maximum Gasteiger partial charge on any atom is 0.264 e. The van der Waals surface area contributed by atoms with Crippen LogP contribution >= 0.6 is 0 Å². The normalized spacial score (nSPS) is 13.8. The maximum absolute atomic E-state index is 13.2. The minimum absolute atomic E-state index is 0.189. The van der Waals surface area contributed by atoms with Crippen LogP contribution in [0.2, 0.25) is 0 Å². The van der Waals surface area contributed by atoms with Crippen LogP contribution in [0.25, 0.3) is 0 Å². The highest BCUT2D eigenvalue weighted by Crippen LogP contribution is 2.33. The van der Waals surface area contributed by atoms with Crippen molar-refractivity contribution in [3.63, 3.8) is 0 Å². The Labute approximate surface area is 200 Å². The van der Waals surface area contributed by atoms with Gasteiger partial charge < -0.3 is 14.8 Å². The molecule has 0 spiro atoms. The number of anilines is 1. The molecule has 1 atom stereocenters. The second kappa shape index (κ2) is 9.77. The van der Waals surface area contributed by atoms with Crippen LogP contribution in [0.15, 0.2) is 71.6 Å². The number of fused-ring (bicyclic) bond motifs is 1. The van der Waals surface area contributed by atoms with E-state index in [4.69, 9.17) is 9.47 Å². The van der Waals surface area contributed by atoms with Crippen molar-refractivity contribution >= 4 is 21.6 Å². The van der Waals surface area contributed by atoms with Crippen molar-refractivity contribution in [2.24, 2.45) is 0 Å². The van der Waals surface area contributed by atoms with E-state index in [9.17, 15) is 13.2 Å². The molecule has 3 aromatic rings. The number of para-hydroxylation sites is 2. The average molecular weight is 481 g/mol. The number of benzene rings is 3. The number of rotatable bonds is 8. The first-order valence-electron chi connectivity index (χ1n) is 11.1. The van der Waals surface area contributed by atoms with Gasteiger partial charge in [0, 0.05) is 12.1 Å². The molecule has 1 N–H and O–H groups in total. The van der Waals surface area contributed by atoms with Gasteiger partial charge in [0.1, 0.15) is 11.5 Å². The summed E-state index contributed by atoms with van der Waals surface area (Å²) in [5, 5.41) is 2.90. The maximum atomic E-state index is 13.2. The van der Waals surface area contributed by atoms with Crippen molar-refractivity contribution < 1.29 is 22.7 Å². The molecule has 34 heavy (non-hydrogen) atoms. The Bertz CT molecular complexity index is 1310. The number of methoxy groups -OCH3 is 1. The molecule has 0 saturated heterocycles. The molecule has 1 aliphatic heterocycles. The predicted octanol–water partition coefficient (Wildman–Crippen LogP) is 4.01. The van der Waals surface area contributed by atoms with E-state index in [2.05, 4.69) is 5.32 Å². The van der Waals surface area contributed by atoms with E-state index in [0.717, 1.165) is 16.8 Å². The van der Waals surface area contributed by atoms with Gasteiger partial charge in [0.05, 0.1) is 23.7 Å². The molecule has 0 radical (unpaired) electrons. The van der Waals surface area contributed by atoms with Gasteiger partial charge in [-0.2, -0.15) is 0 Å². The second-order valence-electron chi connectivity index (χ2n) is 8.20. The van der Waals surface area contributed by atoms with Crippen LogP contribution in [0.4, 0.5) is 5.69 Å². The molecule has 0 aromatic heterocycles. The highest BCUT2D eigenvalue weighted by molar-refractivity contribution is 7.92. The van der Waals surface area contributed by atoms with Crippen molar-refractivity contribution in [2.75, 3.05) is 24.6 Å². The summed E-state index contributed by atoms with van der Waals surface area (Å²) in [6.45, 7) is 3.87. The average Bonchev–Trinajstić information content (AvgIpc) is 3.28. The summed E-state index contributed by atoms with van der Waals surface area (Å²) in [6.07, 6.45) is 0.692. The van der Waals surface area contributed by atoms with E-state index in [-0.39, 0.29) is 23.5 Å². The van der Waals surface area contributed by atoms with Gasteiger partial charge in [-0.05, 0) is 61.7 Å². The van der Waals surface area contributed by atoms with Crippen LogP contribution in [0.5, 0.6) is 11.5 Å². The molecule has 3 aromatic carbocycles. The Hall–Kier alpha value is -3.52. The van der Waals surface area contributed by atoms with Gasteiger partial charge in [-0.25, -0.2) is 8.42 Å². The van der Waals surface area contributed by atoms with Crippen LogP contribution in [0.3, 0.4) is 0 Å². The number of sulfonamides is 1. The Balaban J connectivity index is 1.41. The number of hydrogen-bond donors (Lipinski definition) is 1. The number of carbonyl (C=O) groups excluding carboxylic acids is 1. The summed E-state index contributed by atoms with van der Waals surface area (Å²) in [5.41, 5.74) is 3.25. The Kier molecular flexibility index (Phi) is 6.79. The van der Waals surface area contributed by atoms with E-state index in [1.54, 1.807) is 26.2 Å². The highest BCUT2D eigenvalue weighted by atomic mass is 32.2. The fourth-order valence-corrected chi connectivity index (χ4v) is 5.75. The molecule has 4 rings (SSSR count). The van der Waals surface area contributed by atoms with Crippen molar-refractivity contribution in [1.29, 1.82) is 0 Å². The number of nitrogens with zero attached hydrogens (tertiary/aromatic N) is 1. The van der Waals surface area contributed by atoms with Crippen LogP contribution in [0.1, 0.15) is 29.7 Å². The SMILES string of the molecule is COc1ccccc1[C@@H](C)NC(=O)COc1ccc(S(=O)(=O)N2CCc3ccccc32)cc1C. The van der Waals surface area contributed by atoms with E-state index >= 15 is 0 Å². The molecular formula is C26H28N2O5S. The third-order valence-corrected chi connectivity index (χ3v) is 7.73. The van der Waals surface area contributed by atoms with E-state index in [1.165, 1.54) is 10.4 Å². The van der Waals surface area contributed by atoms with Crippen LogP contribution in [-0.2, 0) is 21.2 Å². The van der Waals surface area contributed by atoms with Crippen LogP contribution in [-0.4, -0.2) is 34.6 Å². The third-order valence-electron chi connectivity index (χ3n) is 5.92. The lowest BCUT2D eigenvalue weighted by Crippen LogP contribution is -2.31. The first kappa shape index (κ1) is 23.6. The number of hydrogen-bond acceptors (Lipinski definition) is 5. The molecule has 0 fully saturated rings. The molecule has 1 amide bonds. The molecule has 0 saturated carbocycles. The van der Waals surface area contributed by atoms with Crippen LogP contribution < -0.4 is 19.1 Å². The first-order valence-corrected chi connectivity index (χ1v) is 12.5. The fraction of sp³-hybridized carbons (Fsp3) is 0.269. The van der Waals surface area contributed by atoms with Gasteiger partial charge in [-0.3, -0.25) is 9.10 Å². The summed E-state index contributed by atoms with van der Waals surface area (Å²) in [4.78, 5) is 12.6. The summed E-state index contributed by atoms with van der Waals surface area (Å²) >= 11 is 0.